The van der Waals surface area contributed by atoms with Gasteiger partial charge in [0.05, 0.1) is 5.69 Å². The van der Waals surface area contributed by atoms with E-state index in [0.717, 1.165) is 27.6 Å². The third-order valence-corrected chi connectivity index (χ3v) is 3.49. The summed E-state index contributed by atoms with van der Waals surface area (Å²) in [5.41, 5.74) is 3.36. The molecule has 0 aliphatic rings. The molecule has 0 atom stereocenters. The van der Waals surface area contributed by atoms with Crippen molar-refractivity contribution in [3.63, 3.8) is 0 Å². The summed E-state index contributed by atoms with van der Waals surface area (Å²) in [7, 11) is 0. The van der Waals surface area contributed by atoms with Crippen LogP contribution in [-0.4, -0.2) is 19.7 Å². The molecule has 0 N–H and O–H groups in total. The molecule has 0 radical (unpaired) electrons. The van der Waals surface area contributed by atoms with E-state index in [-0.39, 0.29) is 0 Å². The SMILES string of the molecule is Cc1nn(-c2cc(Br)nc(C(C)C)n2)c(C)c1C. The minimum absolute atomic E-state index is 0.291. The van der Waals surface area contributed by atoms with Crippen LogP contribution < -0.4 is 0 Å². The van der Waals surface area contributed by atoms with Crippen LogP contribution in [0.15, 0.2) is 10.7 Å². The minimum Gasteiger partial charge on any atom is -0.226 e. The van der Waals surface area contributed by atoms with Crippen LogP contribution in [0.3, 0.4) is 0 Å². The van der Waals surface area contributed by atoms with Gasteiger partial charge in [0.25, 0.3) is 0 Å². The van der Waals surface area contributed by atoms with E-state index >= 15 is 0 Å². The first-order valence-electron chi connectivity index (χ1n) is 5.97. The molecule has 2 heterocycles. The molecule has 0 unspecified atom stereocenters. The molecule has 0 fully saturated rings. The van der Waals surface area contributed by atoms with Crippen molar-refractivity contribution >= 4 is 15.9 Å². The predicted octanol–water partition coefficient (Wildman–Crippen LogP) is 3.47. The van der Waals surface area contributed by atoms with Crippen LogP contribution in [-0.2, 0) is 0 Å². The number of hydrogen-bond acceptors (Lipinski definition) is 3. The number of hydrogen-bond donors (Lipinski definition) is 0. The van der Waals surface area contributed by atoms with Crippen LogP contribution >= 0.6 is 15.9 Å². The van der Waals surface area contributed by atoms with Crippen LogP contribution in [0.4, 0.5) is 0 Å². The average Bonchev–Trinajstić information content (AvgIpc) is 2.56. The monoisotopic (exact) mass is 308 g/mol. The molecule has 18 heavy (non-hydrogen) atoms. The first kappa shape index (κ1) is 13.2. The Labute approximate surface area is 116 Å². The van der Waals surface area contributed by atoms with Gasteiger partial charge in [0.15, 0.2) is 5.82 Å². The third-order valence-electron chi connectivity index (χ3n) is 3.09. The van der Waals surface area contributed by atoms with Gasteiger partial charge in [-0.2, -0.15) is 5.10 Å². The zero-order valence-corrected chi connectivity index (χ0v) is 12.9. The van der Waals surface area contributed by atoms with Crippen molar-refractivity contribution in [3.8, 4) is 5.82 Å². The molecule has 96 valence electrons. The zero-order chi connectivity index (χ0) is 13.4. The van der Waals surface area contributed by atoms with Crippen molar-refractivity contribution < 1.29 is 0 Å². The zero-order valence-electron chi connectivity index (χ0n) is 11.3. The minimum atomic E-state index is 0.291. The molecule has 5 heteroatoms. The highest BCUT2D eigenvalue weighted by Crippen LogP contribution is 2.20. The van der Waals surface area contributed by atoms with E-state index in [1.54, 1.807) is 0 Å². The van der Waals surface area contributed by atoms with E-state index in [2.05, 4.69) is 58.7 Å². The maximum atomic E-state index is 4.58. The largest absolute Gasteiger partial charge is 0.226 e. The smallest absolute Gasteiger partial charge is 0.158 e. The Kier molecular flexibility index (Phi) is 3.52. The van der Waals surface area contributed by atoms with E-state index in [1.165, 1.54) is 5.56 Å². The lowest BCUT2D eigenvalue weighted by Gasteiger charge is -2.09. The fraction of sp³-hybridized carbons (Fsp3) is 0.462. The summed E-state index contributed by atoms with van der Waals surface area (Å²) in [5, 5.41) is 4.53. The lowest BCUT2D eigenvalue weighted by molar-refractivity contribution is 0.731. The molecular weight excluding hydrogens is 292 g/mol. The Morgan fingerprint density at radius 3 is 2.33 bits per heavy atom. The Morgan fingerprint density at radius 2 is 1.83 bits per heavy atom. The van der Waals surface area contributed by atoms with Gasteiger partial charge in [0.1, 0.15) is 10.4 Å². The molecule has 4 nitrogen and oxygen atoms in total. The molecule has 2 aromatic rings. The fourth-order valence-corrected chi connectivity index (χ4v) is 2.12. The van der Waals surface area contributed by atoms with Crippen molar-refractivity contribution in [3.05, 3.63) is 33.4 Å². The summed E-state index contributed by atoms with van der Waals surface area (Å²) < 4.78 is 2.67. The van der Waals surface area contributed by atoms with E-state index in [4.69, 9.17) is 0 Å². The maximum Gasteiger partial charge on any atom is 0.158 e. The van der Waals surface area contributed by atoms with Gasteiger partial charge >= 0.3 is 0 Å². The summed E-state index contributed by atoms with van der Waals surface area (Å²) >= 11 is 3.44. The van der Waals surface area contributed by atoms with Crippen molar-refractivity contribution in [2.75, 3.05) is 0 Å². The fourth-order valence-electron chi connectivity index (χ4n) is 1.73. The highest BCUT2D eigenvalue weighted by atomic mass is 79.9. The average molecular weight is 309 g/mol. The predicted molar refractivity (Wildman–Crippen MR) is 75.2 cm³/mol. The molecule has 2 rings (SSSR count). The summed E-state index contributed by atoms with van der Waals surface area (Å²) in [5.74, 6) is 1.93. The second kappa shape index (κ2) is 4.80. The van der Waals surface area contributed by atoms with Gasteiger partial charge < -0.3 is 0 Å². The third kappa shape index (κ3) is 2.32. The standard InChI is InChI=1S/C13H17BrN4/c1-7(2)13-15-11(14)6-12(16-13)18-10(5)8(3)9(4)17-18/h6-7H,1-5H3. The van der Waals surface area contributed by atoms with Gasteiger partial charge in [-0.05, 0) is 42.3 Å². The van der Waals surface area contributed by atoms with Crippen LogP contribution in [0.25, 0.3) is 5.82 Å². The number of aromatic nitrogens is 4. The molecular formula is C13H17BrN4. The van der Waals surface area contributed by atoms with E-state index in [9.17, 15) is 0 Å². The number of rotatable bonds is 2. The first-order valence-corrected chi connectivity index (χ1v) is 6.77. The topological polar surface area (TPSA) is 43.6 Å². The van der Waals surface area contributed by atoms with Crippen molar-refractivity contribution in [2.24, 2.45) is 0 Å². The van der Waals surface area contributed by atoms with Gasteiger partial charge in [-0.15, -0.1) is 0 Å². The number of aryl methyl sites for hydroxylation is 1. The van der Waals surface area contributed by atoms with Crippen molar-refractivity contribution in [1.82, 2.24) is 19.7 Å². The first-order chi connectivity index (χ1) is 8.40. The van der Waals surface area contributed by atoms with Crippen LogP contribution in [0.2, 0.25) is 0 Å². The molecule has 0 aliphatic carbocycles. The van der Waals surface area contributed by atoms with E-state index in [0.29, 0.717) is 5.92 Å². The van der Waals surface area contributed by atoms with Gasteiger partial charge in [-0.25, -0.2) is 14.6 Å². The van der Waals surface area contributed by atoms with Crippen LogP contribution in [0.5, 0.6) is 0 Å². The quantitative estimate of drug-likeness (QED) is 0.798. The Morgan fingerprint density at radius 1 is 1.17 bits per heavy atom. The molecule has 2 aromatic heterocycles. The van der Waals surface area contributed by atoms with Gasteiger partial charge in [-0.3, -0.25) is 0 Å². The van der Waals surface area contributed by atoms with Crippen LogP contribution in [0, 0.1) is 20.8 Å². The van der Waals surface area contributed by atoms with Gasteiger partial charge in [0.2, 0.25) is 0 Å². The molecule has 0 saturated carbocycles. The number of nitrogens with zero attached hydrogens (tertiary/aromatic N) is 4. The lowest BCUT2D eigenvalue weighted by atomic mass is 10.2. The second-order valence-electron chi connectivity index (χ2n) is 4.77. The highest BCUT2D eigenvalue weighted by Gasteiger charge is 2.13. The van der Waals surface area contributed by atoms with Gasteiger partial charge in [0, 0.05) is 17.7 Å². The second-order valence-corrected chi connectivity index (χ2v) is 5.58. The van der Waals surface area contributed by atoms with Crippen molar-refractivity contribution in [2.45, 2.75) is 40.5 Å². The summed E-state index contributed by atoms with van der Waals surface area (Å²) in [6, 6.07) is 1.89. The van der Waals surface area contributed by atoms with Crippen molar-refractivity contribution in [1.29, 1.82) is 0 Å². The Bertz CT molecular complexity index is 587. The summed E-state index contributed by atoms with van der Waals surface area (Å²) in [4.78, 5) is 8.96. The normalized spacial score (nSPS) is 11.3. The Hall–Kier alpha value is -1.23. The molecule has 0 spiro atoms. The number of halogens is 1. The highest BCUT2D eigenvalue weighted by molar-refractivity contribution is 9.10. The van der Waals surface area contributed by atoms with E-state index in [1.807, 2.05) is 17.7 Å². The van der Waals surface area contributed by atoms with E-state index < -0.39 is 0 Å². The van der Waals surface area contributed by atoms with Crippen LogP contribution in [0.1, 0.15) is 42.5 Å². The molecule has 0 bridgehead atoms. The Balaban J connectivity index is 2.60. The summed E-state index contributed by atoms with van der Waals surface area (Å²) in [6.07, 6.45) is 0. The maximum absolute atomic E-state index is 4.58. The molecule has 0 amide bonds. The lowest BCUT2D eigenvalue weighted by Crippen LogP contribution is -2.07. The van der Waals surface area contributed by atoms with Gasteiger partial charge in [-0.1, -0.05) is 13.8 Å². The molecule has 0 saturated heterocycles. The molecule has 0 aromatic carbocycles. The summed E-state index contributed by atoms with van der Waals surface area (Å²) in [6.45, 7) is 10.3. The molecule has 0 aliphatic heterocycles.